The van der Waals surface area contributed by atoms with Gasteiger partial charge in [-0.05, 0) is 30.9 Å². The van der Waals surface area contributed by atoms with Crippen molar-refractivity contribution in [3.05, 3.63) is 35.9 Å². The predicted octanol–water partition coefficient (Wildman–Crippen LogP) is 3.16. The van der Waals surface area contributed by atoms with E-state index in [0.717, 1.165) is 12.0 Å². The maximum atomic E-state index is 9.86. The van der Waals surface area contributed by atoms with Gasteiger partial charge >= 0.3 is 0 Å². The summed E-state index contributed by atoms with van der Waals surface area (Å²) in [6, 6.07) is 5.59. The maximum Gasteiger partial charge on any atom is 0.160 e. The molecule has 1 unspecified atom stereocenters. The second kappa shape index (κ2) is 5.44. The van der Waals surface area contributed by atoms with Gasteiger partial charge in [0.15, 0.2) is 11.5 Å². The number of hydrogen-bond donors (Lipinski definition) is 1. The number of benzene rings is 1. The molecule has 1 aromatic carbocycles. The lowest BCUT2D eigenvalue weighted by Crippen LogP contribution is -1.97. The number of phenols is 1. The lowest BCUT2D eigenvalue weighted by Gasteiger charge is -2.10. The quantitative estimate of drug-likeness (QED) is 0.767. The van der Waals surface area contributed by atoms with Gasteiger partial charge in [-0.1, -0.05) is 31.2 Å². The molecule has 2 heteroatoms. The maximum absolute atomic E-state index is 9.86. The van der Waals surface area contributed by atoms with E-state index < -0.39 is 0 Å². The van der Waals surface area contributed by atoms with Crippen LogP contribution in [0, 0.1) is 5.92 Å². The van der Waals surface area contributed by atoms with E-state index in [2.05, 4.69) is 13.0 Å². The summed E-state index contributed by atoms with van der Waals surface area (Å²) in [4.78, 5) is 0. The first-order chi connectivity index (χ1) is 7.19. The number of ether oxygens (including phenoxy) is 1. The molecule has 82 valence electrons. The minimum Gasteiger partial charge on any atom is -0.504 e. The molecule has 15 heavy (non-hydrogen) atoms. The summed E-state index contributed by atoms with van der Waals surface area (Å²) in [5.74, 6) is 1.23. The summed E-state index contributed by atoms with van der Waals surface area (Å²) in [6.07, 6.45) is 4.98. The smallest absolute Gasteiger partial charge is 0.160 e. The van der Waals surface area contributed by atoms with Crippen molar-refractivity contribution in [2.24, 2.45) is 5.92 Å². The van der Waals surface area contributed by atoms with Gasteiger partial charge in [-0.3, -0.25) is 0 Å². The van der Waals surface area contributed by atoms with Crippen molar-refractivity contribution in [1.29, 1.82) is 0 Å². The first-order valence-corrected chi connectivity index (χ1v) is 5.16. The predicted molar refractivity (Wildman–Crippen MR) is 62.3 cm³/mol. The van der Waals surface area contributed by atoms with Crippen LogP contribution in [-0.2, 0) is 6.42 Å². The number of aromatic hydroxyl groups is 1. The van der Waals surface area contributed by atoms with Gasteiger partial charge in [0.1, 0.15) is 0 Å². The first-order valence-electron chi connectivity index (χ1n) is 5.16. The molecule has 0 fully saturated rings. The molecule has 0 saturated heterocycles. The van der Waals surface area contributed by atoms with Gasteiger partial charge in [-0.15, -0.1) is 0 Å². The van der Waals surface area contributed by atoms with E-state index in [1.165, 1.54) is 0 Å². The zero-order valence-corrected chi connectivity index (χ0v) is 9.53. The Morgan fingerprint density at radius 2 is 2.20 bits per heavy atom. The van der Waals surface area contributed by atoms with Crippen LogP contribution >= 0.6 is 0 Å². The van der Waals surface area contributed by atoms with E-state index in [1.807, 2.05) is 25.1 Å². The van der Waals surface area contributed by atoms with E-state index in [1.54, 1.807) is 13.2 Å². The Kier molecular flexibility index (Phi) is 4.22. The van der Waals surface area contributed by atoms with Gasteiger partial charge in [-0.2, -0.15) is 0 Å². The van der Waals surface area contributed by atoms with Gasteiger partial charge in [0, 0.05) is 0 Å². The van der Waals surface area contributed by atoms with Crippen LogP contribution in [0.25, 0.3) is 0 Å². The van der Waals surface area contributed by atoms with E-state index in [4.69, 9.17) is 4.74 Å². The Hall–Kier alpha value is -1.44. The van der Waals surface area contributed by atoms with Crippen LogP contribution < -0.4 is 4.74 Å². The largest absolute Gasteiger partial charge is 0.504 e. The van der Waals surface area contributed by atoms with Crippen LogP contribution in [0.15, 0.2) is 30.4 Å². The Morgan fingerprint density at radius 3 is 2.80 bits per heavy atom. The highest BCUT2D eigenvalue weighted by molar-refractivity contribution is 5.45. The van der Waals surface area contributed by atoms with E-state index in [0.29, 0.717) is 11.7 Å². The average Bonchev–Trinajstić information content (AvgIpc) is 2.21. The fraction of sp³-hybridized carbons (Fsp3) is 0.385. The van der Waals surface area contributed by atoms with Crippen molar-refractivity contribution in [1.82, 2.24) is 0 Å². The number of methoxy groups -OCH3 is 1. The molecule has 0 aliphatic rings. The minimum absolute atomic E-state index is 0.261. The van der Waals surface area contributed by atoms with Crippen LogP contribution in [0.3, 0.4) is 0 Å². The zero-order valence-electron chi connectivity index (χ0n) is 9.53. The lowest BCUT2D eigenvalue weighted by molar-refractivity contribution is 0.369. The van der Waals surface area contributed by atoms with Crippen molar-refractivity contribution in [3.8, 4) is 11.5 Å². The third-order valence-corrected chi connectivity index (χ3v) is 2.37. The van der Waals surface area contributed by atoms with Gasteiger partial charge in [0.2, 0.25) is 0 Å². The molecule has 0 amide bonds. The molecular weight excluding hydrogens is 188 g/mol. The summed E-state index contributed by atoms with van der Waals surface area (Å²) in [5.41, 5.74) is 0.931. The van der Waals surface area contributed by atoms with Crippen molar-refractivity contribution in [2.75, 3.05) is 7.11 Å². The molecule has 0 saturated carbocycles. The number of phenolic OH excluding ortho intramolecular Hbond substituents is 1. The second-order valence-electron chi connectivity index (χ2n) is 3.68. The number of rotatable bonds is 4. The third kappa shape index (κ3) is 3.01. The molecule has 0 aliphatic carbocycles. The van der Waals surface area contributed by atoms with Gasteiger partial charge in [-0.25, -0.2) is 0 Å². The molecule has 1 aromatic rings. The molecule has 2 nitrogen and oxygen atoms in total. The van der Waals surface area contributed by atoms with E-state index in [-0.39, 0.29) is 5.75 Å². The van der Waals surface area contributed by atoms with Crippen molar-refractivity contribution in [3.63, 3.8) is 0 Å². The fourth-order valence-corrected chi connectivity index (χ4v) is 1.64. The molecule has 0 aliphatic heterocycles. The molecule has 1 rings (SSSR count). The monoisotopic (exact) mass is 206 g/mol. The van der Waals surface area contributed by atoms with E-state index >= 15 is 0 Å². The highest BCUT2D eigenvalue weighted by Crippen LogP contribution is 2.30. The summed E-state index contributed by atoms with van der Waals surface area (Å²) in [7, 11) is 1.56. The Bertz CT molecular complexity index is 342. The number of allylic oxidation sites excluding steroid dienone is 2. The van der Waals surface area contributed by atoms with Crippen molar-refractivity contribution < 1.29 is 9.84 Å². The van der Waals surface area contributed by atoms with Crippen molar-refractivity contribution >= 4 is 0 Å². The van der Waals surface area contributed by atoms with Gasteiger partial charge in [0.05, 0.1) is 7.11 Å². The van der Waals surface area contributed by atoms with Crippen LogP contribution in [-0.4, -0.2) is 12.2 Å². The Labute approximate surface area is 91.2 Å². The average molecular weight is 206 g/mol. The molecule has 1 N–H and O–H groups in total. The molecule has 0 radical (unpaired) electrons. The lowest BCUT2D eigenvalue weighted by atomic mass is 10.00. The molecular formula is C13H18O2. The fourth-order valence-electron chi connectivity index (χ4n) is 1.64. The highest BCUT2D eigenvalue weighted by atomic mass is 16.5. The normalized spacial score (nSPS) is 13.0. The Morgan fingerprint density at radius 1 is 1.47 bits per heavy atom. The topological polar surface area (TPSA) is 29.5 Å². The highest BCUT2D eigenvalue weighted by Gasteiger charge is 2.08. The molecule has 1 atom stereocenters. The summed E-state index contributed by atoms with van der Waals surface area (Å²) < 4.78 is 5.06. The molecule has 0 bridgehead atoms. The van der Waals surface area contributed by atoms with Gasteiger partial charge in [0.25, 0.3) is 0 Å². The standard InChI is InChI=1S/C13H18O2/c1-4-6-10(2)9-11-7-5-8-12(15-3)13(11)14/h4-8,10,14H,9H2,1-3H3/b6-4-. The number of para-hydroxylation sites is 1. The summed E-state index contributed by atoms with van der Waals surface area (Å²) in [5, 5.41) is 9.86. The van der Waals surface area contributed by atoms with Crippen LogP contribution in [0.5, 0.6) is 11.5 Å². The third-order valence-electron chi connectivity index (χ3n) is 2.37. The van der Waals surface area contributed by atoms with Crippen LogP contribution in [0.2, 0.25) is 0 Å². The SMILES string of the molecule is C/C=C\C(C)Cc1cccc(OC)c1O. The Balaban J connectivity index is 2.85. The second-order valence-corrected chi connectivity index (χ2v) is 3.68. The van der Waals surface area contributed by atoms with Gasteiger partial charge < -0.3 is 9.84 Å². The van der Waals surface area contributed by atoms with Crippen molar-refractivity contribution in [2.45, 2.75) is 20.3 Å². The van der Waals surface area contributed by atoms with Crippen LogP contribution in [0.4, 0.5) is 0 Å². The summed E-state index contributed by atoms with van der Waals surface area (Å²) in [6.45, 7) is 4.13. The first kappa shape index (κ1) is 11.6. The summed E-state index contributed by atoms with van der Waals surface area (Å²) >= 11 is 0. The van der Waals surface area contributed by atoms with E-state index in [9.17, 15) is 5.11 Å². The molecule has 0 heterocycles. The zero-order chi connectivity index (χ0) is 11.3. The number of hydrogen-bond acceptors (Lipinski definition) is 2. The minimum atomic E-state index is 0.261. The molecule has 0 aromatic heterocycles. The van der Waals surface area contributed by atoms with Crippen LogP contribution in [0.1, 0.15) is 19.4 Å². The molecule has 0 spiro atoms.